The summed E-state index contributed by atoms with van der Waals surface area (Å²) in [5.74, 6) is -3.04. The maximum Gasteiger partial charge on any atom is 0.322 e. The minimum atomic E-state index is -1.25. The molecule has 1 aliphatic carbocycles. The van der Waals surface area contributed by atoms with Crippen LogP contribution in [-0.2, 0) is 21.5 Å². The molecule has 0 aliphatic heterocycles. The number of halogens is 1. The molecule has 4 N–H and O–H groups in total. The van der Waals surface area contributed by atoms with Crippen LogP contribution >= 0.6 is 11.6 Å². The standard InChI is InChI=1S/C28H26ClN3O6/c1-17(26(36)37)31-32(27(38)28(12-13-28)20-7-3-2-4-8-20)25(35)22-11-10-19(15-23(22)29)24(34)30-16-18-6-5-9-21(33)14-18/h2-11,14-15,17,31,33H,12-13,16H2,1H3,(H,30,34)(H,36,37)/t17-/m0/s1. The lowest BCUT2D eigenvalue weighted by Crippen LogP contribution is -2.56. The monoisotopic (exact) mass is 535 g/mol. The van der Waals surface area contributed by atoms with E-state index in [1.54, 1.807) is 36.4 Å². The average Bonchev–Trinajstić information content (AvgIpc) is 3.72. The number of nitrogens with one attached hydrogen (secondary N) is 2. The summed E-state index contributed by atoms with van der Waals surface area (Å²) < 4.78 is 0. The van der Waals surface area contributed by atoms with Crippen molar-refractivity contribution in [2.24, 2.45) is 0 Å². The number of aromatic hydroxyl groups is 1. The summed E-state index contributed by atoms with van der Waals surface area (Å²) in [6.07, 6.45) is 1.02. The largest absolute Gasteiger partial charge is 0.508 e. The quantitative estimate of drug-likeness (QED) is 0.242. The number of amides is 3. The van der Waals surface area contributed by atoms with E-state index in [-0.39, 0.29) is 28.4 Å². The fraction of sp³-hybridized carbons (Fsp3) is 0.214. The maximum atomic E-state index is 13.7. The molecule has 0 unspecified atom stereocenters. The zero-order chi connectivity index (χ0) is 27.4. The second-order valence-corrected chi connectivity index (χ2v) is 9.54. The number of imide groups is 1. The zero-order valence-corrected chi connectivity index (χ0v) is 21.2. The number of benzene rings is 3. The summed E-state index contributed by atoms with van der Waals surface area (Å²) >= 11 is 6.39. The smallest absolute Gasteiger partial charge is 0.322 e. The van der Waals surface area contributed by atoms with E-state index >= 15 is 0 Å². The second-order valence-electron chi connectivity index (χ2n) is 9.13. The van der Waals surface area contributed by atoms with Gasteiger partial charge in [-0.05, 0) is 61.2 Å². The third-order valence-electron chi connectivity index (χ3n) is 6.41. The van der Waals surface area contributed by atoms with Crippen LogP contribution in [0.25, 0.3) is 0 Å². The Kier molecular flexibility index (Phi) is 7.80. The van der Waals surface area contributed by atoms with Crippen molar-refractivity contribution < 1.29 is 29.4 Å². The molecule has 0 heterocycles. The van der Waals surface area contributed by atoms with Crippen molar-refractivity contribution in [3.05, 3.63) is 100 Å². The number of nitrogens with zero attached hydrogens (tertiary/aromatic N) is 1. The fourth-order valence-corrected chi connectivity index (χ4v) is 4.34. The van der Waals surface area contributed by atoms with Gasteiger partial charge in [0, 0.05) is 12.1 Å². The normalized spacial score (nSPS) is 14.3. The van der Waals surface area contributed by atoms with Gasteiger partial charge in [0.25, 0.3) is 17.7 Å². The Morgan fingerprint density at radius 1 is 1.00 bits per heavy atom. The number of hydrogen-bond donors (Lipinski definition) is 4. The van der Waals surface area contributed by atoms with Gasteiger partial charge in [0.15, 0.2) is 0 Å². The molecule has 3 amide bonds. The summed E-state index contributed by atoms with van der Waals surface area (Å²) in [4.78, 5) is 51.4. The molecule has 0 spiro atoms. The Hall–Kier alpha value is -4.21. The van der Waals surface area contributed by atoms with Gasteiger partial charge in [-0.2, -0.15) is 0 Å². The predicted molar refractivity (Wildman–Crippen MR) is 139 cm³/mol. The second kappa shape index (κ2) is 11.0. The van der Waals surface area contributed by atoms with Crippen LogP contribution in [0, 0.1) is 0 Å². The van der Waals surface area contributed by atoms with Crippen LogP contribution in [0.5, 0.6) is 5.75 Å². The average molecular weight is 536 g/mol. The van der Waals surface area contributed by atoms with Crippen molar-refractivity contribution in [2.75, 3.05) is 0 Å². The van der Waals surface area contributed by atoms with Crippen LogP contribution in [0.4, 0.5) is 0 Å². The Bertz CT molecular complexity index is 1390. The van der Waals surface area contributed by atoms with E-state index in [1.165, 1.54) is 37.3 Å². The summed E-state index contributed by atoms with van der Waals surface area (Å²) in [5.41, 5.74) is 3.10. The number of carboxylic acid groups (broad SMARTS) is 1. The van der Waals surface area contributed by atoms with E-state index in [1.807, 2.05) is 6.07 Å². The van der Waals surface area contributed by atoms with Gasteiger partial charge in [0.05, 0.1) is 16.0 Å². The van der Waals surface area contributed by atoms with Gasteiger partial charge >= 0.3 is 5.97 Å². The first-order valence-corrected chi connectivity index (χ1v) is 12.3. The van der Waals surface area contributed by atoms with Crippen LogP contribution < -0.4 is 10.7 Å². The molecule has 10 heteroatoms. The molecule has 0 aromatic heterocycles. The van der Waals surface area contributed by atoms with Gasteiger partial charge in [0.2, 0.25) is 0 Å². The molecule has 0 radical (unpaired) electrons. The number of carboxylic acids is 1. The first-order valence-electron chi connectivity index (χ1n) is 11.9. The number of hydrazine groups is 1. The lowest BCUT2D eigenvalue weighted by molar-refractivity contribution is -0.142. The summed E-state index contributed by atoms with van der Waals surface area (Å²) in [7, 11) is 0. The number of phenolic OH excluding ortho intramolecular Hbond substituents is 1. The van der Waals surface area contributed by atoms with E-state index in [4.69, 9.17) is 11.6 Å². The Morgan fingerprint density at radius 3 is 2.32 bits per heavy atom. The Labute approximate surface area is 224 Å². The van der Waals surface area contributed by atoms with Crippen LogP contribution in [0.1, 0.15) is 51.6 Å². The van der Waals surface area contributed by atoms with Gasteiger partial charge < -0.3 is 15.5 Å². The van der Waals surface area contributed by atoms with E-state index in [0.717, 1.165) is 10.6 Å². The van der Waals surface area contributed by atoms with Crippen LogP contribution in [0.2, 0.25) is 5.02 Å². The minimum Gasteiger partial charge on any atom is -0.508 e. The number of hydrogen-bond acceptors (Lipinski definition) is 6. The molecule has 196 valence electrons. The molecule has 9 nitrogen and oxygen atoms in total. The van der Waals surface area contributed by atoms with E-state index < -0.39 is 35.1 Å². The number of carbonyl (C=O) groups is 4. The molecule has 0 bridgehead atoms. The molecule has 1 fully saturated rings. The van der Waals surface area contributed by atoms with Gasteiger partial charge in [-0.25, -0.2) is 10.4 Å². The van der Waals surface area contributed by atoms with E-state index in [0.29, 0.717) is 18.4 Å². The van der Waals surface area contributed by atoms with Crippen molar-refractivity contribution in [1.82, 2.24) is 15.8 Å². The molecular formula is C28H26ClN3O6. The Balaban J connectivity index is 1.56. The summed E-state index contributed by atoms with van der Waals surface area (Å²) in [6.45, 7) is 1.48. The SMILES string of the molecule is C[C@H](NN(C(=O)c1ccc(C(=O)NCc2cccc(O)c2)cc1Cl)C(=O)C1(c2ccccc2)CC1)C(=O)O. The highest BCUT2D eigenvalue weighted by molar-refractivity contribution is 6.34. The van der Waals surface area contributed by atoms with E-state index in [2.05, 4.69) is 10.7 Å². The molecule has 4 rings (SSSR count). The number of carbonyl (C=O) groups excluding carboxylic acids is 3. The zero-order valence-electron chi connectivity index (χ0n) is 20.5. The lowest BCUT2D eigenvalue weighted by atomic mass is 9.94. The fourth-order valence-electron chi connectivity index (χ4n) is 4.08. The molecule has 1 atom stereocenters. The number of rotatable bonds is 9. The molecule has 3 aromatic rings. The highest BCUT2D eigenvalue weighted by Gasteiger charge is 2.54. The van der Waals surface area contributed by atoms with E-state index in [9.17, 15) is 29.4 Å². The summed E-state index contributed by atoms with van der Waals surface area (Å²) in [5, 5.41) is 22.3. The summed E-state index contributed by atoms with van der Waals surface area (Å²) in [6, 6.07) is 18.2. The first kappa shape index (κ1) is 26.8. The topological polar surface area (TPSA) is 136 Å². The highest BCUT2D eigenvalue weighted by atomic mass is 35.5. The molecule has 38 heavy (non-hydrogen) atoms. The lowest BCUT2D eigenvalue weighted by Gasteiger charge is -2.28. The highest BCUT2D eigenvalue weighted by Crippen LogP contribution is 2.49. The molecule has 3 aromatic carbocycles. The van der Waals surface area contributed by atoms with Crippen LogP contribution in [0.3, 0.4) is 0 Å². The Morgan fingerprint density at radius 2 is 1.71 bits per heavy atom. The molecule has 1 aliphatic rings. The number of aliphatic carboxylic acids is 1. The van der Waals surface area contributed by atoms with Crippen molar-refractivity contribution in [3.63, 3.8) is 0 Å². The molecule has 0 saturated heterocycles. The predicted octanol–water partition coefficient (Wildman–Crippen LogP) is 3.65. The van der Waals surface area contributed by atoms with Gasteiger partial charge in [0.1, 0.15) is 11.8 Å². The first-order chi connectivity index (χ1) is 18.1. The van der Waals surface area contributed by atoms with Gasteiger partial charge in [-0.15, -0.1) is 0 Å². The maximum absolute atomic E-state index is 13.7. The molecular weight excluding hydrogens is 510 g/mol. The van der Waals surface area contributed by atoms with Crippen LogP contribution in [-0.4, -0.2) is 45.0 Å². The van der Waals surface area contributed by atoms with Crippen LogP contribution in [0.15, 0.2) is 72.8 Å². The van der Waals surface area contributed by atoms with Crippen molar-refractivity contribution in [2.45, 2.75) is 37.8 Å². The molecule has 1 saturated carbocycles. The van der Waals surface area contributed by atoms with Gasteiger partial charge in [-0.3, -0.25) is 19.2 Å². The number of phenols is 1. The minimum absolute atomic E-state index is 0.0708. The third-order valence-corrected chi connectivity index (χ3v) is 6.72. The van der Waals surface area contributed by atoms with Crippen molar-refractivity contribution >= 4 is 35.3 Å². The van der Waals surface area contributed by atoms with Crippen molar-refractivity contribution in [3.8, 4) is 5.75 Å². The third kappa shape index (κ3) is 5.69. The van der Waals surface area contributed by atoms with Gasteiger partial charge in [-0.1, -0.05) is 54.1 Å². The van der Waals surface area contributed by atoms with Crippen molar-refractivity contribution in [1.29, 1.82) is 0 Å².